The molecule has 1 amide bonds. The van der Waals surface area contributed by atoms with Gasteiger partial charge in [-0.1, -0.05) is 37.3 Å². The Morgan fingerprint density at radius 2 is 1.74 bits per heavy atom. The number of nitrogens with one attached hydrogen (secondary N) is 1. The van der Waals surface area contributed by atoms with Gasteiger partial charge in [0.05, 0.1) is 0 Å². The van der Waals surface area contributed by atoms with E-state index in [1.807, 2.05) is 18.0 Å². The molecule has 2 unspecified atom stereocenters. The first kappa shape index (κ1) is 26.2. The summed E-state index contributed by atoms with van der Waals surface area (Å²) in [6, 6.07) is 12.6. The number of likely N-dealkylation sites (tertiary alicyclic amines) is 1. The van der Waals surface area contributed by atoms with Crippen molar-refractivity contribution in [3.63, 3.8) is 0 Å². The molecule has 0 bridgehead atoms. The summed E-state index contributed by atoms with van der Waals surface area (Å²) < 4.78 is 0. The molecule has 0 radical (unpaired) electrons. The summed E-state index contributed by atoms with van der Waals surface area (Å²) in [6.07, 6.45) is 5.09. The standard InChI is InChI=1S/C25H35N7O.HI/c1-20-19-32(14-10-22(20)21-7-4-3-5-8-21)24(26-2)29-13-9-23(33)30-15-17-31(18-16-30)25-27-11-6-12-28-25;/h3-8,11-12,20,22H,9-10,13-19H2,1-2H3,(H,26,29);1H. The van der Waals surface area contributed by atoms with Crippen LogP contribution in [0.4, 0.5) is 5.95 Å². The zero-order valence-electron chi connectivity index (χ0n) is 20.1. The van der Waals surface area contributed by atoms with Gasteiger partial charge in [0.2, 0.25) is 11.9 Å². The molecule has 1 N–H and O–H groups in total. The SMILES string of the molecule is CN=C(NCCC(=O)N1CCN(c2ncccn2)CC1)N1CCC(c2ccccc2)C(C)C1.I. The molecule has 2 saturated heterocycles. The predicted molar refractivity (Wildman–Crippen MR) is 147 cm³/mol. The molecule has 0 saturated carbocycles. The van der Waals surface area contributed by atoms with Gasteiger partial charge in [-0.25, -0.2) is 9.97 Å². The number of piperazine rings is 1. The van der Waals surface area contributed by atoms with Crippen LogP contribution < -0.4 is 10.2 Å². The largest absolute Gasteiger partial charge is 0.356 e. The summed E-state index contributed by atoms with van der Waals surface area (Å²) in [6.45, 7) is 7.80. The highest BCUT2D eigenvalue weighted by Gasteiger charge is 2.29. The van der Waals surface area contributed by atoms with Gasteiger partial charge >= 0.3 is 0 Å². The van der Waals surface area contributed by atoms with Crippen molar-refractivity contribution in [1.29, 1.82) is 0 Å². The Morgan fingerprint density at radius 1 is 1.03 bits per heavy atom. The minimum Gasteiger partial charge on any atom is -0.356 e. The summed E-state index contributed by atoms with van der Waals surface area (Å²) in [5, 5.41) is 3.42. The van der Waals surface area contributed by atoms with Crippen molar-refractivity contribution in [3.05, 3.63) is 54.4 Å². The van der Waals surface area contributed by atoms with Crippen LogP contribution in [0.5, 0.6) is 0 Å². The van der Waals surface area contributed by atoms with Crippen LogP contribution in [0.2, 0.25) is 0 Å². The molecular formula is C25H36IN7O. The van der Waals surface area contributed by atoms with Crippen LogP contribution in [0.3, 0.4) is 0 Å². The van der Waals surface area contributed by atoms with E-state index in [1.165, 1.54) is 5.56 Å². The zero-order valence-corrected chi connectivity index (χ0v) is 22.5. The molecule has 2 aliphatic rings. The number of carbonyl (C=O) groups is 1. The third kappa shape index (κ3) is 6.58. The van der Waals surface area contributed by atoms with Gasteiger partial charge in [0.25, 0.3) is 0 Å². The highest BCUT2D eigenvalue weighted by molar-refractivity contribution is 14.0. The molecule has 2 atom stereocenters. The van der Waals surface area contributed by atoms with E-state index in [-0.39, 0.29) is 29.9 Å². The van der Waals surface area contributed by atoms with Gasteiger partial charge in [0, 0.05) is 71.7 Å². The van der Waals surface area contributed by atoms with Crippen molar-refractivity contribution in [3.8, 4) is 0 Å². The number of anilines is 1. The topological polar surface area (TPSA) is 77.0 Å². The average molecular weight is 578 g/mol. The highest BCUT2D eigenvalue weighted by atomic mass is 127. The summed E-state index contributed by atoms with van der Waals surface area (Å²) in [5.74, 6) is 2.95. The van der Waals surface area contributed by atoms with Gasteiger partial charge in [0.1, 0.15) is 0 Å². The fourth-order valence-corrected chi connectivity index (χ4v) is 4.92. The Kier molecular flexibility index (Phi) is 9.91. The first-order valence-electron chi connectivity index (χ1n) is 12.0. The third-order valence-electron chi connectivity index (χ3n) is 6.73. The second-order valence-corrected chi connectivity index (χ2v) is 8.87. The maximum atomic E-state index is 12.7. The van der Waals surface area contributed by atoms with Crippen molar-refractivity contribution in [2.24, 2.45) is 10.9 Å². The Labute approximate surface area is 219 Å². The molecule has 4 rings (SSSR count). The van der Waals surface area contributed by atoms with Crippen LogP contribution in [0.1, 0.15) is 31.2 Å². The van der Waals surface area contributed by atoms with E-state index >= 15 is 0 Å². The number of benzene rings is 1. The summed E-state index contributed by atoms with van der Waals surface area (Å²) >= 11 is 0. The molecule has 1 aromatic heterocycles. The number of rotatable bonds is 5. The number of guanidine groups is 1. The number of carbonyl (C=O) groups excluding carboxylic acids is 1. The minimum atomic E-state index is 0. The normalized spacial score (nSPS) is 21.1. The van der Waals surface area contributed by atoms with Crippen LogP contribution in [0, 0.1) is 5.92 Å². The molecule has 9 heteroatoms. The molecule has 3 heterocycles. The van der Waals surface area contributed by atoms with Gasteiger partial charge in [-0.15, -0.1) is 24.0 Å². The molecule has 0 aliphatic carbocycles. The fourth-order valence-electron chi connectivity index (χ4n) is 4.92. The number of amides is 1. The lowest BCUT2D eigenvalue weighted by molar-refractivity contribution is -0.131. The van der Waals surface area contributed by atoms with Crippen LogP contribution >= 0.6 is 24.0 Å². The molecular weight excluding hydrogens is 541 g/mol. The van der Waals surface area contributed by atoms with Crippen molar-refractivity contribution < 1.29 is 4.79 Å². The van der Waals surface area contributed by atoms with E-state index in [2.05, 4.69) is 67.3 Å². The first-order chi connectivity index (χ1) is 16.2. The van der Waals surface area contributed by atoms with Gasteiger partial charge < -0.3 is 20.0 Å². The summed E-state index contributed by atoms with van der Waals surface area (Å²) in [7, 11) is 1.82. The van der Waals surface area contributed by atoms with Gasteiger partial charge in [-0.05, 0) is 29.9 Å². The predicted octanol–water partition coefficient (Wildman–Crippen LogP) is 2.83. The number of piperidine rings is 1. The van der Waals surface area contributed by atoms with Crippen LogP contribution in [0.25, 0.3) is 0 Å². The number of halogens is 1. The third-order valence-corrected chi connectivity index (χ3v) is 6.73. The number of aromatic nitrogens is 2. The quantitative estimate of drug-likeness (QED) is 0.335. The lowest BCUT2D eigenvalue weighted by Crippen LogP contribution is -2.51. The van der Waals surface area contributed by atoms with E-state index in [0.717, 1.165) is 44.5 Å². The number of hydrogen-bond acceptors (Lipinski definition) is 5. The summed E-state index contributed by atoms with van der Waals surface area (Å²) in [5.41, 5.74) is 1.43. The van der Waals surface area contributed by atoms with E-state index in [1.54, 1.807) is 12.4 Å². The van der Waals surface area contributed by atoms with E-state index < -0.39 is 0 Å². The van der Waals surface area contributed by atoms with Crippen LogP contribution in [-0.4, -0.2) is 84.5 Å². The number of nitrogens with zero attached hydrogens (tertiary/aromatic N) is 6. The lowest BCUT2D eigenvalue weighted by atomic mass is 9.82. The van der Waals surface area contributed by atoms with Crippen LogP contribution in [0.15, 0.2) is 53.8 Å². The van der Waals surface area contributed by atoms with Crippen molar-refractivity contribution in [2.45, 2.75) is 25.7 Å². The van der Waals surface area contributed by atoms with Gasteiger partial charge in [-0.3, -0.25) is 9.79 Å². The zero-order chi connectivity index (χ0) is 23.0. The molecule has 2 fully saturated rings. The van der Waals surface area contributed by atoms with Crippen LogP contribution in [-0.2, 0) is 4.79 Å². The number of hydrogen-bond donors (Lipinski definition) is 1. The molecule has 2 aliphatic heterocycles. The van der Waals surface area contributed by atoms with Crippen molar-refractivity contribution >= 4 is 41.8 Å². The second kappa shape index (κ2) is 12.9. The smallest absolute Gasteiger partial charge is 0.225 e. The number of aliphatic imine (C=N–C) groups is 1. The minimum absolute atomic E-state index is 0. The molecule has 0 spiro atoms. The molecule has 1 aromatic carbocycles. The summed E-state index contributed by atoms with van der Waals surface area (Å²) in [4.78, 5) is 32.2. The van der Waals surface area contributed by atoms with Gasteiger partial charge in [-0.2, -0.15) is 0 Å². The monoisotopic (exact) mass is 577 g/mol. The maximum absolute atomic E-state index is 12.7. The first-order valence-corrected chi connectivity index (χ1v) is 12.0. The molecule has 184 valence electrons. The lowest BCUT2D eigenvalue weighted by Gasteiger charge is -2.39. The highest BCUT2D eigenvalue weighted by Crippen LogP contribution is 2.32. The Morgan fingerprint density at radius 3 is 2.38 bits per heavy atom. The van der Waals surface area contributed by atoms with Crippen molar-refractivity contribution in [2.75, 3.05) is 57.8 Å². The maximum Gasteiger partial charge on any atom is 0.225 e. The average Bonchev–Trinajstić information content (AvgIpc) is 2.87. The van der Waals surface area contributed by atoms with Crippen molar-refractivity contribution in [1.82, 2.24) is 25.1 Å². The van der Waals surface area contributed by atoms with Gasteiger partial charge in [0.15, 0.2) is 5.96 Å². The second-order valence-electron chi connectivity index (χ2n) is 8.87. The van der Waals surface area contributed by atoms with E-state index in [0.29, 0.717) is 37.9 Å². The Balaban J connectivity index is 0.00000324. The Hall–Kier alpha value is -2.43. The Bertz CT molecular complexity index is 919. The molecule has 34 heavy (non-hydrogen) atoms. The molecule has 8 nitrogen and oxygen atoms in total. The fraction of sp³-hybridized carbons (Fsp3) is 0.520. The molecule has 2 aromatic rings. The van der Waals surface area contributed by atoms with E-state index in [4.69, 9.17) is 0 Å². The van der Waals surface area contributed by atoms with E-state index in [9.17, 15) is 4.79 Å².